The second-order valence-corrected chi connectivity index (χ2v) is 10.3. The second-order valence-electron chi connectivity index (χ2n) is 8.32. The number of carbonyl (C=O) groups is 1. The van der Waals surface area contributed by atoms with Gasteiger partial charge in [0, 0.05) is 17.9 Å². The van der Waals surface area contributed by atoms with Crippen LogP contribution in [-0.2, 0) is 27.8 Å². The molecule has 0 radical (unpaired) electrons. The standard InChI is InChI=1S/C25H24N4O3S/c1-17-26-22-15-20(12-13-23(22)29(17)21-10-4-3-5-11-21)27-25(30)24-14-18-8-6-7-9-19(18)16-28(24)33(2,31)32/h3-13,15,24H,14,16H2,1-2H3,(H,27,30)/t24-/m0/s1. The van der Waals surface area contributed by atoms with Crippen molar-refractivity contribution in [2.75, 3.05) is 11.6 Å². The number of nitrogens with zero attached hydrogens (tertiary/aromatic N) is 3. The summed E-state index contributed by atoms with van der Waals surface area (Å²) in [5.41, 5.74) is 5.20. The number of amides is 1. The Morgan fingerprint density at radius 2 is 1.70 bits per heavy atom. The van der Waals surface area contributed by atoms with Crippen LogP contribution in [0.25, 0.3) is 16.7 Å². The molecule has 5 rings (SSSR count). The van der Waals surface area contributed by atoms with Gasteiger partial charge in [0.05, 0.1) is 17.3 Å². The Morgan fingerprint density at radius 3 is 2.42 bits per heavy atom. The first kappa shape index (κ1) is 21.4. The van der Waals surface area contributed by atoms with Gasteiger partial charge >= 0.3 is 0 Å². The van der Waals surface area contributed by atoms with Crippen molar-refractivity contribution in [2.24, 2.45) is 0 Å². The third-order valence-corrected chi connectivity index (χ3v) is 7.27. The lowest BCUT2D eigenvalue weighted by Crippen LogP contribution is -2.50. The van der Waals surface area contributed by atoms with E-state index in [1.54, 1.807) is 0 Å². The molecule has 3 aromatic carbocycles. The molecule has 1 N–H and O–H groups in total. The molecule has 2 heterocycles. The molecule has 33 heavy (non-hydrogen) atoms. The van der Waals surface area contributed by atoms with E-state index in [0.717, 1.165) is 39.9 Å². The van der Waals surface area contributed by atoms with Crippen LogP contribution >= 0.6 is 0 Å². The fourth-order valence-electron chi connectivity index (χ4n) is 4.48. The molecule has 0 unspecified atom stereocenters. The maximum absolute atomic E-state index is 13.2. The first-order chi connectivity index (χ1) is 15.8. The van der Waals surface area contributed by atoms with Crippen LogP contribution in [0, 0.1) is 6.92 Å². The van der Waals surface area contributed by atoms with Crippen molar-refractivity contribution in [2.45, 2.75) is 25.9 Å². The van der Waals surface area contributed by atoms with Gasteiger partial charge in [-0.2, -0.15) is 4.31 Å². The number of anilines is 1. The number of hydrogen-bond acceptors (Lipinski definition) is 4. The Balaban J connectivity index is 1.45. The molecule has 4 aromatic rings. The van der Waals surface area contributed by atoms with E-state index in [0.29, 0.717) is 12.1 Å². The Kier molecular flexibility index (Phi) is 5.26. The summed E-state index contributed by atoms with van der Waals surface area (Å²) in [7, 11) is -3.57. The number of rotatable bonds is 4. The molecule has 0 bridgehead atoms. The Hall–Kier alpha value is -3.49. The highest BCUT2D eigenvalue weighted by Gasteiger charge is 2.36. The minimum Gasteiger partial charge on any atom is -0.325 e. The summed E-state index contributed by atoms with van der Waals surface area (Å²) in [6.07, 6.45) is 1.48. The highest BCUT2D eigenvalue weighted by Crippen LogP contribution is 2.28. The molecule has 1 amide bonds. The average molecular weight is 461 g/mol. The maximum atomic E-state index is 13.2. The Bertz CT molecular complexity index is 1460. The normalized spacial score (nSPS) is 16.5. The number of carbonyl (C=O) groups excluding carboxylic acids is 1. The number of sulfonamides is 1. The molecule has 8 heteroatoms. The van der Waals surface area contributed by atoms with E-state index >= 15 is 0 Å². The zero-order valence-corrected chi connectivity index (χ0v) is 19.2. The SMILES string of the molecule is Cc1nc2cc(NC(=O)[C@@H]3Cc4ccccc4CN3S(C)(=O)=O)ccc2n1-c1ccccc1. The quantitative estimate of drug-likeness (QED) is 0.504. The number of para-hydroxylation sites is 1. The van der Waals surface area contributed by atoms with Gasteiger partial charge in [-0.3, -0.25) is 9.36 Å². The fraction of sp³-hybridized carbons (Fsp3) is 0.200. The Labute approximate surface area is 192 Å². The van der Waals surface area contributed by atoms with Crippen molar-refractivity contribution in [3.63, 3.8) is 0 Å². The summed E-state index contributed by atoms with van der Waals surface area (Å²) in [5.74, 6) is 0.486. The number of hydrogen-bond donors (Lipinski definition) is 1. The molecule has 1 aliphatic heterocycles. The van der Waals surface area contributed by atoms with Gasteiger partial charge in [0.15, 0.2) is 0 Å². The molecular weight excluding hydrogens is 436 g/mol. The van der Waals surface area contributed by atoms with Gasteiger partial charge in [-0.15, -0.1) is 0 Å². The van der Waals surface area contributed by atoms with Crippen molar-refractivity contribution < 1.29 is 13.2 Å². The third kappa shape index (κ3) is 4.03. The molecule has 0 saturated carbocycles. The zero-order valence-electron chi connectivity index (χ0n) is 18.4. The van der Waals surface area contributed by atoms with E-state index < -0.39 is 16.1 Å². The lowest BCUT2D eigenvalue weighted by Gasteiger charge is -2.34. The van der Waals surface area contributed by atoms with E-state index in [-0.39, 0.29) is 12.5 Å². The number of imidazole rings is 1. The van der Waals surface area contributed by atoms with Crippen LogP contribution in [-0.4, -0.2) is 40.5 Å². The summed E-state index contributed by atoms with van der Waals surface area (Å²) in [6.45, 7) is 2.13. The van der Waals surface area contributed by atoms with Crippen LogP contribution < -0.4 is 5.32 Å². The molecular formula is C25H24N4O3S. The van der Waals surface area contributed by atoms with Crippen LogP contribution in [0.5, 0.6) is 0 Å². The minimum absolute atomic E-state index is 0.187. The monoisotopic (exact) mass is 460 g/mol. The zero-order chi connectivity index (χ0) is 23.2. The first-order valence-electron chi connectivity index (χ1n) is 10.7. The summed E-state index contributed by atoms with van der Waals surface area (Å²) < 4.78 is 28.2. The predicted octanol–water partition coefficient (Wildman–Crippen LogP) is 3.66. The fourth-order valence-corrected chi connectivity index (χ4v) is 5.48. The average Bonchev–Trinajstić information content (AvgIpc) is 3.13. The van der Waals surface area contributed by atoms with Gasteiger partial charge in [0.1, 0.15) is 11.9 Å². The van der Waals surface area contributed by atoms with Crippen molar-refractivity contribution in [3.05, 3.63) is 89.7 Å². The molecule has 0 aliphatic carbocycles. The van der Waals surface area contributed by atoms with Gasteiger partial charge in [0.25, 0.3) is 0 Å². The van der Waals surface area contributed by atoms with Gasteiger partial charge in [0.2, 0.25) is 15.9 Å². The van der Waals surface area contributed by atoms with Gasteiger partial charge in [-0.25, -0.2) is 13.4 Å². The van der Waals surface area contributed by atoms with Crippen molar-refractivity contribution in [1.82, 2.24) is 13.9 Å². The second kappa shape index (κ2) is 8.13. The third-order valence-electron chi connectivity index (χ3n) is 6.04. The van der Waals surface area contributed by atoms with E-state index in [2.05, 4.69) is 14.9 Å². The van der Waals surface area contributed by atoms with Crippen molar-refractivity contribution in [3.8, 4) is 5.69 Å². The number of aromatic nitrogens is 2. The topological polar surface area (TPSA) is 84.3 Å². The van der Waals surface area contributed by atoms with E-state index in [1.807, 2.05) is 79.7 Å². The van der Waals surface area contributed by atoms with Gasteiger partial charge in [-0.05, 0) is 54.8 Å². The van der Waals surface area contributed by atoms with Crippen LogP contribution in [0.15, 0.2) is 72.8 Å². The Morgan fingerprint density at radius 1 is 1.00 bits per heavy atom. The van der Waals surface area contributed by atoms with Crippen molar-refractivity contribution >= 4 is 32.7 Å². The first-order valence-corrected chi connectivity index (χ1v) is 12.5. The summed E-state index contributed by atoms with van der Waals surface area (Å²) >= 11 is 0. The molecule has 0 fully saturated rings. The molecule has 1 aromatic heterocycles. The summed E-state index contributed by atoms with van der Waals surface area (Å²) in [6, 6.07) is 22.3. The molecule has 0 saturated heterocycles. The number of aryl methyl sites for hydroxylation is 1. The van der Waals surface area contributed by atoms with Crippen LogP contribution in [0.2, 0.25) is 0 Å². The van der Waals surface area contributed by atoms with Crippen LogP contribution in [0.3, 0.4) is 0 Å². The van der Waals surface area contributed by atoms with E-state index in [9.17, 15) is 13.2 Å². The van der Waals surface area contributed by atoms with Gasteiger partial charge < -0.3 is 5.32 Å². The molecule has 1 atom stereocenters. The largest absolute Gasteiger partial charge is 0.325 e. The maximum Gasteiger partial charge on any atom is 0.243 e. The van der Waals surface area contributed by atoms with Gasteiger partial charge in [-0.1, -0.05) is 42.5 Å². The van der Waals surface area contributed by atoms with Crippen molar-refractivity contribution in [1.29, 1.82) is 0 Å². The summed E-state index contributed by atoms with van der Waals surface area (Å²) in [5, 5.41) is 2.91. The van der Waals surface area contributed by atoms with Crippen LogP contribution in [0.4, 0.5) is 5.69 Å². The summed E-state index contributed by atoms with van der Waals surface area (Å²) in [4.78, 5) is 17.9. The minimum atomic E-state index is -3.57. The predicted molar refractivity (Wildman–Crippen MR) is 129 cm³/mol. The van der Waals surface area contributed by atoms with E-state index in [4.69, 9.17) is 0 Å². The lowest BCUT2D eigenvalue weighted by molar-refractivity contribution is -0.120. The highest BCUT2D eigenvalue weighted by atomic mass is 32.2. The number of benzene rings is 3. The number of fused-ring (bicyclic) bond motifs is 2. The molecule has 1 aliphatic rings. The number of nitrogens with one attached hydrogen (secondary N) is 1. The molecule has 0 spiro atoms. The smallest absolute Gasteiger partial charge is 0.243 e. The lowest BCUT2D eigenvalue weighted by atomic mass is 9.95. The molecule has 7 nitrogen and oxygen atoms in total. The van der Waals surface area contributed by atoms with E-state index in [1.165, 1.54) is 4.31 Å². The highest BCUT2D eigenvalue weighted by molar-refractivity contribution is 7.88. The molecule has 168 valence electrons. The van der Waals surface area contributed by atoms with Crippen LogP contribution in [0.1, 0.15) is 17.0 Å².